The Kier molecular flexibility index (Phi) is 4.01. The molecule has 3 atom stereocenters. The molecule has 30 heavy (non-hydrogen) atoms. The van der Waals surface area contributed by atoms with E-state index in [4.69, 9.17) is 5.73 Å². The van der Waals surface area contributed by atoms with E-state index in [1.165, 1.54) is 17.6 Å². The summed E-state index contributed by atoms with van der Waals surface area (Å²) in [6, 6.07) is 4.04. The maximum atomic E-state index is 14.9. The zero-order valence-corrected chi connectivity index (χ0v) is 15.9. The topological polar surface area (TPSA) is 81.2 Å². The molecule has 2 aromatic heterocycles. The number of aromatic nitrogens is 2. The van der Waals surface area contributed by atoms with E-state index in [0.29, 0.717) is 19.2 Å². The lowest BCUT2D eigenvalue weighted by molar-refractivity contribution is 0.101. The minimum absolute atomic E-state index is 0.0169. The van der Waals surface area contributed by atoms with Crippen molar-refractivity contribution in [1.29, 1.82) is 0 Å². The lowest BCUT2D eigenvalue weighted by Crippen LogP contribution is -2.30. The lowest BCUT2D eigenvalue weighted by atomic mass is 10.1. The number of nitrogens with zero attached hydrogens (tertiary/aromatic N) is 3. The van der Waals surface area contributed by atoms with E-state index in [0.717, 1.165) is 18.3 Å². The van der Waals surface area contributed by atoms with Crippen LogP contribution in [-0.4, -0.2) is 34.5 Å². The second-order valence-electron chi connectivity index (χ2n) is 7.87. The number of fused-ring (bicyclic) bond motifs is 2. The van der Waals surface area contributed by atoms with Crippen LogP contribution in [0.2, 0.25) is 0 Å². The number of anilines is 1. The van der Waals surface area contributed by atoms with Crippen LogP contribution in [0.15, 0.2) is 35.3 Å². The number of Topliss-reactive ketones (excluding diaryl/α,β-unsaturated/α-hetero) is 1. The van der Waals surface area contributed by atoms with Gasteiger partial charge < -0.3 is 10.6 Å². The third-order valence-electron chi connectivity index (χ3n) is 6.02. The van der Waals surface area contributed by atoms with Gasteiger partial charge in [0.25, 0.3) is 0 Å². The smallest absolute Gasteiger partial charge is 0.201 e. The minimum atomic E-state index is -0.907. The summed E-state index contributed by atoms with van der Waals surface area (Å²) < 4.78 is 44.0. The van der Waals surface area contributed by atoms with Crippen LogP contribution in [0.4, 0.5) is 19.0 Å². The molecule has 1 aliphatic heterocycles. The Bertz CT molecular complexity index is 1280. The Morgan fingerprint density at radius 3 is 2.47 bits per heavy atom. The summed E-state index contributed by atoms with van der Waals surface area (Å²) in [4.78, 5) is 30.8. The molecule has 2 N–H and O–H groups in total. The van der Waals surface area contributed by atoms with Crippen molar-refractivity contribution in [3.05, 3.63) is 63.7 Å². The summed E-state index contributed by atoms with van der Waals surface area (Å²) in [6.45, 7) is 2.27. The highest BCUT2D eigenvalue weighted by molar-refractivity contribution is 5.97. The van der Waals surface area contributed by atoms with Gasteiger partial charge in [-0.05, 0) is 37.0 Å². The Balaban J connectivity index is 1.76. The summed E-state index contributed by atoms with van der Waals surface area (Å²) in [6.07, 6.45) is 1.16. The second-order valence-corrected chi connectivity index (χ2v) is 7.87. The molecule has 0 spiro atoms. The standard InChI is InChI=1S/C21H17F3N4O2/c1-9(29)12-8-28(17-3-2-10(22)4-15(17)23)20-11(19(12)30)5-16(24)21(26-20)27-6-13-14(7-27)18(13)25/h2-5,8,13-14,18H,6-7,25H2,1H3/t13-,14+,18?. The summed E-state index contributed by atoms with van der Waals surface area (Å²) >= 11 is 0. The largest absolute Gasteiger partial charge is 0.353 e. The number of ketones is 1. The second kappa shape index (κ2) is 6.40. The lowest BCUT2D eigenvalue weighted by Gasteiger charge is -2.22. The van der Waals surface area contributed by atoms with Crippen molar-refractivity contribution < 1.29 is 18.0 Å². The molecule has 0 bridgehead atoms. The highest BCUT2D eigenvalue weighted by Crippen LogP contribution is 2.45. The molecule has 2 fully saturated rings. The van der Waals surface area contributed by atoms with Gasteiger partial charge in [0.15, 0.2) is 23.1 Å². The summed E-state index contributed by atoms with van der Waals surface area (Å²) in [5.74, 6) is -2.36. The van der Waals surface area contributed by atoms with Gasteiger partial charge >= 0.3 is 0 Å². The van der Waals surface area contributed by atoms with Crippen molar-refractivity contribution in [1.82, 2.24) is 9.55 Å². The molecule has 1 unspecified atom stereocenters. The SMILES string of the molecule is CC(=O)c1cn(-c2ccc(F)cc2F)c2nc(N3C[C@@H]4C(N)[C@@H]4C3)c(F)cc2c1=O. The number of halogens is 3. The van der Waals surface area contributed by atoms with Crippen LogP contribution in [0.5, 0.6) is 0 Å². The van der Waals surface area contributed by atoms with Gasteiger partial charge in [0.1, 0.15) is 11.6 Å². The van der Waals surface area contributed by atoms with E-state index < -0.39 is 28.7 Å². The monoisotopic (exact) mass is 414 g/mol. The van der Waals surface area contributed by atoms with Gasteiger partial charge in [-0.25, -0.2) is 18.2 Å². The van der Waals surface area contributed by atoms with Crippen LogP contribution in [0.3, 0.4) is 0 Å². The fourth-order valence-electron chi connectivity index (χ4n) is 4.29. The highest BCUT2D eigenvalue weighted by Gasteiger charge is 2.54. The number of carbonyl (C=O) groups excluding carboxylic acids is 1. The number of piperidine rings is 1. The van der Waals surface area contributed by atoms with Crippen molar-refractivity contribution in [2.75, 3.05) is 18.0 Å². The van der Waals surface area contributed by atoms with E-state index >= 15 is 0 Å². The fourth-order valence-corrected chi connectivity index (χ4v) is 4.29. The number of pyridine rings is 2. The van der Waals surface area contributed by atoms with Gasteiger partial charge in [0.2, 0.25) is 5.43 Å². The molecule has 3 heterocycles. The molecular weight excluding hydrogens is 397 g/mol. The van der Waals surface area contributed by atoms with Gasteiger partial charge in [-0.15, -0.1) is 0 Å². The Labute approximate surface area is 168 Å². The molecule has 6 nitrogen and oxygen atoms in total. The van der Waals surface area contributed by atoms with E-state index in [1.807, 2.05) is 0 Å². The Hall–Kier alpha value is -3.20. The first-order valence-corrected chi connectivity index (χ1v) is 9.49. The van der Waals surface area contributed by atoms with E-state index in [2.05, 4.69) is 4.98 Å². The van der Waals surface area contributed by atoms with Gasteiger partial charge in [0, 0.05) is 31.4 Å². The number of benzene rings is 1. The number of nitrogens with two attached hydrogens (primary N) is 1. The normalized spacial score (nSPS) is 22.4. The van der Waals surface area contributed by atoms with E-state index in [-0.39, 0.29) is 46.0 Å². The van der Waals surface area contributed by atoms with Crippen molar-refractivity contribution in [3.8, 4) is 5.69 Å². The van der Waals surface area contributed by atoms with Crippen LogP contribution in [-0.2, 0) is 0 Å². The highest BCUT2D eigenvalue weighted by atomic mass is 19.1. The molecule has 1 saturated carbocycles. The predicted molar refractivity (Wildman–Crippen MR) is 104 cm³/mol. The molecule has 3 aromatic rings. The minimum Gasteiger partial charge on any atom is -0.353 e. The molecule has 2 aliphatic rings. The van der Waals surface area contributed by atoms with Crippen LogP contribution in [0.1, 0.15) is 17.3 Å². The third-order valence-corrected chi connectivity index (χ3v) is 6.02. The summed E-state index contributed by atoms with van der Waals surface area (Å²) in [5, 5.41) is -0.159. The first-order valence-electron chi connectivity index (χ1n) is 9.49. The quantitative estimate of drug-likeness (QED) is 0.666. The zero-order chi connectivity index (χ0) is 21.3. The third kappa shape index (κ3) is 2.72. The Morgan fingerprint density at radius 2 is 1.83 bits per heavy atom. The summed E-state index contributed by atoms with van der Waals surface area (Å²) in [5.41, 5.74) is 4.88. The van der Waals surface area contributed by atoms with Gasteiger partial charge in [-0.1, -0.05) is 0 Å². The molecule has 5 rings (SSSR count). The van der Waals surface area contributed by atoms with E-state index in [9.17, 15) is 22.8 Å². The van der Waals surface area contributed by atoms with E-state index in [1.54, 1.807) is 4.90 Å². The molecule has 9 heteroatoms. The maximum absolute atomic E-state index is 14.9. The molecule has 154 valence electrons. The number of hydrogen-bond acceptors (Lipinski definition) is 5. The predicted octanol–water partition coefficient (Wildman–Crippen LogP) is 2.40. The van der Waals surface area contributed by atoms with Crippen LogP contribution >= 0.6 is 0 Å². The molecule has 1 aliphatic carbocycles. The molecule has 0 amide bonds. The maximum Gasteiger partial charge on any atom is 0.201 e. The number of hydrogen-bond donors (Lipinski definition) is 1. The first kappa shape index (κ1) is 18.8. The first-order chi connectivity index (χ1) is 14.3. The summed E-state index contributed by atoms with van der Waals surface area (Å²) in [7, 11) is 0. The van der Waals surface area contributed by atoms with Crippen molar-refractivity contribution >= 4 is 22.6 Å². The molecule has 1 aromatic carbocycles. The van der Waals surface area contributed by atoms with Gasteiger partial charge in [-0.3, -0.25) is 14.2 Å². The van der Waals surface area contributed by atoms with Crippen molar-refractivity contribution in [3.63, 3.8) is 0 Å². The zero-order valence-electron chi connectivity index (χ0n) is 15.9. The van der Waals surface area contributed by atoms with Gasteiger partial charge in [0.05, 0.1) is 16.6 Å². The molecule has 1 saturated heterocycles. The van der Waals surface area contributed by atoms with Crippen molar-refractivity contribution in [2.45, 2.75) is 13.0 Å². The average molecular weight is 414 g/mol. The van der Waals surface area contributed by atoms with Gasteiger partial charge in [-0.2, -0.15) is 0 Å². The van der Waals surface area contributed by atoms with Crippen LogP contribution < -0.4 is 16.1 Å². The molecule has 0 radical (unpaired) electrons. The Morgan fingerprint density at radius 1 is 1.13 bits per heavy atom. The average Bonchev–Trinajstić information content (AvgIpc) is 3.10. The molecular formula is C21H17F3N4O2. The van der Waals surface area contributed by atoms with Crippen molar-refractivity contribution in [2.24, 2.45) is 17.6 Å². The van der Waals surface area contributed by atoms with Crippen LogP contribution in [0, 0.1) is 29.3 Å². The number of rotatable bonds is 3. The van der Waals surface area contributed by atoms with Crippen LogP contribution in [0.25, 0.3) is 16.7 Å². The fraction of sp³-hybridized carbons (Fsp3) is 0.286. The number of carbonyl (C=O) groups is 1.